The number of hydrogen-bond donors (Lipinski definition) is 2. The van der Waals surface area contributed by atoms with Gasteiger partial charge < -0.3 is 24.1 Å². The molecule has 1 saturated carbocycles. The highest BCUT2D eigenvalue weighted by atomic mass is 16.6. The first-order valence-corrected chi connectivity index (χ1v) is 13.7. The highest BCUT2D eigenvalue weighted by Crippen LogP contribution is 2.42. The third-order valence-corrected chi connectivity index (χ3v) is 8.48. The van der Waals surface area contributed by atoms with E-state index < -0.39 is 11.6 Å². The van der Waals surface area contributed by atoms with E-state index in [0.29, 0.717) is 65.7 Å². The summed E-state index contributed by atoms with van der Waals surface area (Å²) in [6.45, 7) is 0.904. The van der Waals surface area contributed by atoms with Crippen LogP contribution < -0.4 is 15.5 Å². The topological polar surface area (TPSA) is 137 Å². The fourth-order valence-electron chi connectivity index (χ4n) is 6.09. The lowest BCUT2D eigenvalue weighted by Crippen LogP contribution is -2.52. The number of nitrogens with zero attached hydrogens (tertiary/aromatic N) is 3. The van der Waals surface area contributed by atoms with E-state index in [1.807, 2.05) is 18.3 Å². The summed E-state index contributed by atoms with van der Waals surface area (Å²) in [5.74, 6) is 5.33. The van der Waals surface area contributed by atoms with Gasteiger partial charge in [-0.3, -0.25) is 14.6 Å². The molecule has 0 bridgehead atoms. The minimum atomic E-state index is -1.06. The number of aromatic nitrogens is 2. The molecule has 2 aromatic carbocycles. The molecule has 1 aliphatic carbocycles. The Labute approximate surface area is 235 Å². The predicted octanol–water partition coefficient (Wildman–Crippen LogP) is 4.63. The van der Waals surface area contributed by atoms with Gasteiger partial charge in [-0.1, -0.05) is 6.07 Å². The number of ether oxygens (including phenoxy) is 1. The van der Waals surface area contributed by atoms with Crippen LogP contribution in [-0.4, -0.2) is 55.9 Å². The zero-order chi connectivity index (χ0) is 28.3. The van der Waals surface area contributed by atoms with E-state index in [-0.39, 0.29) is 23.7 Å². The fourth-order valence-corrected chi connectivity index (χ4v) is 6.09. The third-order valence-electron chi connectivity index (χ3n) is 8.48. The average Bonchev–Trinajstić information content (AvgIpc) is 3.74. The number of nitrogens with two attached hydrogens (primary N) is 1. The summed E-state index contributed by atoms with van der Waals surface area (Å²) in [7, 11) is 0. The second-order valence-electron chi connectivity index (χ2n) is 11.1. The van der Waals surface area contributed by atoms with Gasteiger partial charge in [-0.05, 0) is 54.8 Å². The molecule has 2 fully saturated rings. The van der Waals surface area contributed by atoms with Crippen molar-refractivity contribution in [1.29, 1.82) is 0 Å². The number of benzene rings is 2. The fraction of sp³-hybridized carbons (Fsp3) is 0.290. The Bertz CT molecular complexity index is 1730. The summed E-state index contributed by atoms with van der Waals surface area (Å²) >= 11 is 0. The van der Waals surface area contributed by atoms with E-state index in [2.05, 4.69) is 9.55 Å². The number of likely N-dealkylation sites (tertiary alicyclic amines) is 1. The van der Waals surface area contributed by atoms with E-state index in [0.717, 1.165) is 23.7 Å². The lowest BCUT2D eigenvalue weighted by Gasteiger charge is -2.44. The number of amides is 1. The van der Waals surface area contributed by atoms with Crippen molar-refractivity contribution >= 4 is 28.6 Å². The summed E-state index contributed by atoms with van der Waals surface area (Å²) in [5.41, 5.74) is 2.63. The molecular weight excluding hydrogens is 524 g/mol. The SMILES string of the molecule is NOc1cc(C(=O)N2CCC3(CC2)CC(=O)c2cc(-c4cncc(C(=O)O)c4)ccc2O3)cc2c1ccn2C1CC1. The Balaban J connectivity index is 1.09. The number of carbonyl (C=O) groups is 3. The Morgan fingerprint density at radius 2 is 1.83 bits per heavy atom. The predicted molar refractivity (Wildman–Crippen MR) is 149 cm³/mol. The quantitative estimate of drug-likeness (QED) is 0.342. The maximum Gasteiger partial charge on any atom is 0.337 e. The van der Waals surface area contributed by atoms with Gasteiger partial charge in [0.25, 0.3) is 5.91 Å². The van der Waals surface area contributed by atoms with E-state index in [1.54, 1.807) is 35.4 Å². The molecule has 0 atom stereocenters. The van der Waals surface area contributed by atoms with Crippen LogP contribution in [0.4, 0.5) is 0 Å². The summed E-state index contributed by atoms with van der Waals surface area (Å²) < 4.78 is 8.63. The smallest absolute Gasteiger partial charge is 0.337 e. The molecule has 10 nitrogen and oxygen atoms in total. The highest BCUT2D eigenvalue weighted by Gasteiger charge is 2.44. The molecule has 3 aliphatic rings. The van der Waals surface area contributed by atoms with Gasteiger partial charge in [0, 0.05) is 67.1 Å². The Kier molecular flexibility index (Phi) is 5.83. The summed E-state index contributed by atoms with van der Waals surface area (Å²) in [6, 6.07) is 12.9. The van der Waals surface area contributed by atoms with Crippen LogP contribution in [0, 0.1) is 0 Å². The summed E-state index contributed by atoms with van der Waals surface area (Å²) in [4.78, 5) is 49.2. The maximum absolute atomic E-state index is 13.6. The van der Waals surface area contributed by atoms with Crippen LogP contribution >= 0.6 is 0 Å². The Morgan fingerprint density at radius 3 is 2.56 bits per heavy atom. The summed E-state index contributed by atoms with van der Waals surface area (Å²) in [5, 5.41) is 10.2. The van der Waals surface area contributed by atoms with Gasteiger partial charge in [-0.2, -0.15) is 5.90 Å². The number of carboxylic acid groups (broad SMARTS) is 1. The summed E-state index contributed by atoms with van der Waals surface area (Å²) in [6.07, 6.45) is 8.38. The highest BCUT2D eigenvalue weighted by molar-refractivity contribution is 6.02. The van der Waals surface area contributed by atoms with Gasteiger partial charge in [-0.25, -0.2) is 4.79 Å². The van der Waals surface area contributed by atoms with Crippen molar-refractivity contribution in [1.82, 2.24) is 14.5 Å². The molecule has 208 valence electrons. The molecular formula is C31H28N4O6. The number of carboxylic acids is 1. The van der Waals surface area contributed by atoms with Crippen LogP contribution in [0.25, 0.3) is 22.0 Å². The largest absolute Gasteiger partial charge is 0.486 e. The van der Waals surface area contributed by atoms with E-state index >= 15 is 0 Å². The minimum Gasteiger partial charge on any atom is -0.486 e. The van der Waals surface area contributed by atoms with Crippen LogP contribution in [0.15, 0.2) is 61.1 Å². The molecule has 1 saturated heterocycles. The van der Waals surface area contributed by atoms with Crippen LogP contribution in [0.1, 0.15) is 69.2 Å². The standard InChI is InChI=1S/C31H28N4O6/c32-41-28-14-19(13-25-23(28)5-8-35(25)22-2-3-22)29(37)34-9-6-31(7-10-34)15-26(36)24-12-18(1-4-27(24)40-31)20-11-21(30(38)39)17-33-16-20/h1,4-5,8,11-14,16-17,22H,2-3,6-7,9-10,15,32H2,(H,38,39). The lowest BCUT2D eigenvalue weighted by atomic mass is 9.82. The first kappa shape index (κ1) is 25.3. The van der Waals surface area contributed by atoms with Gasteiger partial charge in [0.1, 0.15) is 11.4 Å². The molecule has 2 aliphatic heterocycles. The number of aromatic carboxylic acids is 1. The number of pyridine rings is 1. The van der Waals surface area contributed by atoms with Crippen molar-refractivity contribution in [2.24, 2.45) is 5.90 Å². The zero-order valence-electron chi connectivity index (χ0n) is 22.2. The molecule has 4 aromatic rings. The number of piperidine rings is 1. The van der Waals surface area contributed by atoms with Crippen LogP contribution in [-0.2, 0) is 0 Å². The third kappa shape index (κ3) is 4.40. The number of hydrogen-bond acceptors (Lipinski definition) is 7. The number of ketones is 1. The van der Waals surface area contributed by atoms with Crippen molar-refractivity contribution < 1.29 is 29.1 Å². The molecule has 10 heteroatoms. The zero-order valence-corrected chi connectivity index (χ0v) is 22.2. The second kappa shape index (κ2) is 9.45. The molecule has 41 heavy (non-hydrogen) atoms. The first-order valence-electron chi connectivity index (χ1n) is 13.7. The molecule has 2 aromatic heterocycles. The average molecular weight is 553 g/mol. The molecule has 7 rings (SSSR count). The molecule has 1 amide bonds. The van der Waals surface area contributed by atoms with E-state index in [9.17, 15) is 19.5 Å². The van der Waals surface area contributed by atoms with E-state index in [1.165, 1.54) is 12.3 Å². The second-order valence-corrected chi connectivity index (χ2v) is 11.1. The molecule has 1 spiro atoms. The van der Waals surface area contributed by atoms with E-state index in [4.69, 9.17) is 15.5 Å². The van der Waals surface area contributed by atoms with Crippen LogP contribution in [0.2, 0.25) is 0 Å². The Morgan fingerprint density at radius 1 is 1.02 bits per heavy atom. The molecule has 3 N–H and O–H groups in total. The van der Waals surface area contributed by atoms with Crippen molar-refractivity contribution in [3.63, 3.8) is 0 Å². The van der Waals surface area contributed by atoms with Gasteiger partial charge in [-0.15, -0.1) is 0 Å². The monoisotopic (exact) mass is 552 g/mol. The van der Waals surface area contributed by atoms with Gasteiger partial charge >= 0.3 is 5.97 Å². The van der Waals surface area contributed by atoms with Gasteiger partial charge in [0.05, 0.1) is 23.1 Å². The molecule has 0 unspecified atom stereocenters. The molecule has 0 radical (unpaired) electrons. The Hall–Kier alpha value is -4.70. The molecule has 4 heterocycles. The van der Waals surface area contributed by atoms with Crippen molar-refractivity contribution in [3.05, 3.63) is 77.7 Å². The minimum absolute atomic E-state index is 0.0359. The number of carbonyl (C=O) groups excluding carboxylic acids is 2. The normalized spacial score (nSPS) is 17.8. The van der Waals surface area contributed by atoms with Crippen LogP contribution in [0.5, 0.6) is 11.5 Å². The van der Waals surface area contributed by atoms with Crippen molar-refractivity contribution in [2.75, 3.05) is 13.1 Å². The van der Waals surface area contributed by atoms with Gasteiger partial charge in [0.2, 0.25) is 0 Å². The first-order chi connectivity index (χ1) is 19.8. The number of fused-ring (bicyclic) bond motifs is 2. The number of Topliss-reactive ketones (excluding diaryl/α,β-unsaturated/α-hetero) is 1. The van der Waals surface area contributed by atoms with Crippen molar-refractivity contribution in [2.45, 2.75) is 43.7 Å². The van der Waals surface area contributed by atoms with Crippen molar-refractivity contribution in [3.8, 4) is 22.6 Å². The lowest BCUT2D eigenvalue weighted by molar-refractivity contribution is -0.00572. The van der Waals surface area contributed by atoms with Crippen LogP contribution in [0.3, 0.4) is 0 Å². The number of rotatable bonds is 5. The van der Waals surface area contributed by atoms with Gasteiger partial charge in [0.15, 0.2) is 11.5 Å². The maximum atomic E-state index is 13.6.